The van der Waals surface area contributed by atoms with E-state index in [1.54, 1.807) is 0 Å². The normalized spacial score (nSPS) is 22.7. The fourth-order valence-corrected chi connectivity index (χ4v) is 3.23. The monoisotopic (exact) mass is 326 g/mol. The first-order valence-electron chi connectivity index (χ1n) is 9.21. The van der Waals surface area contributed by atoms with Crippen LogP contribution < -0.4 is 10.6 Å². The van der Waals surface area contributed by atoms with E-state index in [4.69, 9.17) is 4.74 Å². The van der Waals surface area contributed by atoms with Crippen LogP contribution in [0.4, 0.5) is 4.79 Å². The summed E-state index contributed by atoms with van der Waals surface area (Å²) in [5.41, 5.74) is 0. The molecule has 6 nitrogen and oxygen atoms in total. The fourth-order valence-electron chi connectivity index (χ4n) is 3.23. The van der Waals surface area contributed by atoms with Crippen LogP contribution in [0, 0.1) is 5.92 Å². The third-order valence-corrected chi connectivity index (χ3v) is 5.04. The largest absolute Gasteiger partial charge is 0.379 e. The lowest BCUT2D eigenvalue weighted by Crippen LogP contribution is -2.47. The minimum Gasteiger partial charge on any atom is -0.379 e. The summed E-state index contributed by atoms with van der Waals surface area (Å²) in [5, 5.41) is 5.97. The number of piperidine rings is 1. The number of carbonyl (C=O) groups excluding carboxylic acids is 1. The average molecular weight is 326 g/mol. The van der Waals surface area contributed by atoms with Gasteiger partial charge in [0.1, 0.15) is 0 Å². The molecule has 0 aromatic carbocycles. The second-order valence-electron chi connectivity index (χ2n) is 7.01. The van der Waals surface area contributed by atoms with Crippen LogP contribution in [-0.4, -0.2) is 80.9 Å². The number of ether oxygens (including phenoxy) is 1. The number of carbonyl (C=O) groups is 1. The van der Waals surface area contributed by atoms with E-state index in [2.05, 4.69) is 34.3 Å². The Labute approximate surface area is 140 Å². The van der Waals surface area contributed by atoms with Gasteiger partial charge in [-0.1, -0.05) is 6.92 Å². The topological polar surface area (TPSA) is 56.8 Å². The summed E-state index contributed by atoms with van der Waals surface area (Å²) >= 11 is 0. The van der Waals surface area contributed by atoms with E-state index in [9.17, 15) is 4.79 Å². The lowest BCUT2D eigenvalue weighted by atomic mass is 9.98. The van der Waals surface area contributed by atoms with Gasteiger partial charge in [-0.15, -0.1) is 0 Å². The molecule has 6 heteroatoms. The Bertz CT molecular complexity index is 339. The summed E-state index contributed by atoms with van der Waals surface area (Å²) in [6.07, 6.45) is 3.54. The molecule has 134 valence electrons. The van der Waals surface area contributed by atoms with Crippen LogP contribution in [0.5, 0.6) is 0 Å². The van der Waals surface area contributed by atoms with Gasteiger partial charge in [-0.25, -0.2) is 4.79 Å². The zero-order valence-electron chi connectivity index (χ0n) is 14.9. The first kappa shape index (κ1) is 18.5. The third-order valence-electron chi connectivity index (χ3n) is 5.04. The van der Waals surface area contributed by atoms with Crippen LogP contribution in [0.3, 0.4) is 0 Å². The minimum absolute atomic E-state index is 0.0378. The lowest BCUT2D eigenvalue weighted by molar-refractivity contribution is 0.0375. The van der Waals surface area contributed by atoms with E-state index < -0.39 is 0 Å². The molecule has 0 radical (unpaired) electrons. The molecule has 2 aliphatic heterocycles. The molecule has 0 aromatic heterocycles. The van der Waals surface area contributed by atoms with E-state index in [0.717, 1.165) is 71.4 Å². The van der Waals surface area contributed by atoms with Crippen molar-refractivity contribution in [2.24, 2.45) is 5.92 Å². The minimum atomic E-state index is -0.0378. The number of morpholine rings is 1. The first-order valence-corrected chi connectivity index (χ1v) is 9.21. The van der Waals surface area contributed by atoms with Crippen molar-refractivity contribution in [2.75, 3.05) is 59.0 Å². The number of hydrogen-bond acceptors (Lipinski definition) is 4. The summed E-state index contributed by atoms with van der Waals surface area (Å²) in [7, 11) is 0. The van der Waals surface area contributed by atoms with Gasteiger partial charge in [0, 0.05) is 32.2 Å². The van der Waals surface area contributed by atoms with E-state index in [-0.39, 0.29) is 6.03 Å². The van der Waals surface area contributed by atoms with E-state index in [1.807, 2.05) is 0 Å². The number of rotatable bonds is 7. The summed E-state index contributed by atoms with van der Waals surface area (Å²) < 4.78 is 5.33. The summed E-state index contributed by atoms with van der Waals surface area (Å²) in [6.45, 7) is 13.0. The van der Waals surface area contributed by atoms with Crippen LogP contribution in [0.2, 0.25) is 0 Å². The van der Waals surface area contributed by atoms with E-state index in [0.29, 0.717) is 6.04 Å². The Morgan fingerprint density at radius 2 is 1.87 bits per heavy atom. The van der Waals surface area contributed by atoms with E-state index in [1.165, 1.54) is 12.8 Å². The van der Waals surface area contributed by atoms with Crippen LogP contribution in [0.1, 0.15) is 33.1 Å². The van der Waals surface area contributed by atoms with Gasteiger partial charge in [-0.05, 0) is 51.7 Å². The van der Waals surface area contributed by atoms with Crippen LogP contribution in [-0.2, 0) is 4.74 Å². The Morgan fingerprint density at radius 1 is 1.17 bits per heavy atom. The third kappa shape index (κ3) is 7.06. The SMILES string of the molecule is CC1CCN(C(C)CNC(=O)NCCCN2CCOCC2)CC1. The quantitative estimate of drug-likeness (QED) is 0.689. The molecule has 2 heterocycles. The molecule has 2 fully saturated rings. The highest BCUT2D eigenvalue weighted by molar-refractivity contribution is 5.73. The van der Waals surface area contributed by atoms with Gasteiger partial charge in [0.2, 0.25) is 0 Å². The maximum Gasteiger partial charge on any atom is 0.314 e. The van der Waals surface area contributed by atoms with E-state index >= 15 is 0 Å². The van der Waals surface area contributed by atoms with Crippen molar-refractivity contribution in [1.29, 1.82) is 0 Å². The van der Waals surface area contributed by atoms with Gasteiger partial charge in [-0.2, -0.15) is 0 Å². The highest BCUT2D eigenvalue weighted by Gasteiger charge is 2.20. The Kier molecular flexibility index (Phi) is 8.12. The molecule has 0 aromatic rings. The molecule has 2 N–H and O–H groups in total. The summed E-state index contributed by atoms with van der Waals surface area (Å²) in [6, 6.07) is 0.380. The highest BCUT2D eigenvalue weighted by Crippen LogP contribution is 2.17. The van der Waals surface area contributed by atoms with Crippen molar-refractivity contribution in [3.8, 4) is 0 Å². The number of amides is 2. The van der Waals surface area contributed by atoms with Gasteiger partial charge < -0.3 is 15.4 Å². The Hall–Kier alpha value is -0.850. The molecular formula is C17H34N4O2. The molecule has 0 spiro atoms. The zero-order chi connectivity index (χ0) is 16.5. The van der Waals surface area contributed by atoms with Gasteiger partial charge >= 0.3 is 6.03 Å². The zero-order valence-corrected chi connectivity index (χ0v) is 14.9. The molecular weight excluding hydrogens is 292 g/mol. The van der Waals surface area contributed by atoms with Crippen molar-refractivity contribution >= 4 is 6.03 Å². The summed E-state index contributed by atoms with van der Waals surface area (Å²) in [4.78, 5) is 16.7. The maximum absolute atomic E-state index is 11.9. The number of urea groups is 1. The van der Waals surface area contributed by atoms with Crippen molar-refractivity contribution in [1.82, 2.24) is 20.4 Å². The van der Waals surface area contributed by atoms with Crippen LogP contribution in [0.15, 0.2) is 0 Å². The number of nitrogens with one attached hydrogen (secondary N) is 2. The predicted molar refractivity (Wildman–Crippen MR) is 92.7 cm³/mol. The van der Waals surface area contributed by atoms with Crippen molar-refractivity contribution in [3.05, 3.63) is 0 Å². The average Bonchev–Trinajstić information content (AvgIpc) is 2.58. The smallest absolute Gasteiger partial charge is 0.314 e. The first-order chi connectivity index (χ1) is 11.1. The van der Waals surface area contributed by atoms with Crippen molar-refractivity contribution in [3.63, 3.8) is 0 Å². The molecule has 2 aliphatic rings. The molecule has 1 atom stereocenters. The standard InChI is InChI=1S/C17H34N4O2/c1-15-4-8-21(9-5-15)16(2)14-19-17(22)18-6-3-7-20-10-12-23-13-11-20/h15-16H,3-14H2,1-2H3,(H2,18,19,22). The summed E-state index contributed by atoms with van der Waals surface area (Å²) in [5.74, 6) is 0.848. The van der Waals surface area contributed by atoms with Crippen molar-refractivity contribution < 1.29 is 9.53 Å². The molecule has 0 saturated carbocycles. The van der Waals surface area contributed by atoms with Gasteiger partial charge in [0.25, 0.3) is 0 Å². The van der Waals surface area contributed by atoms with Crippen molar-refractivity contribution in [2.45, 2.75) is 39.2 Å². The number of likely N-dealkylation sites (tertiary alicyclic amines) is 1. The molecule has 2 amide bonds. The molecule has 23 heavy (non-hydrogen) atoms. The van der Waals surface area contributed by atoms with Gasteiger partial charge in [-0.3, -0.25) is 9.80 Å². The van der Waals surface area contributed by atoms with Gasteiger partial charge in [0.15, 0.2) is 0 Å². The highest BCUT2D eigenvalue weighted by atomic mass is 16.5. The Balaban J connectivity index is 1.49. The molecule has 2 saturated heterocycles. The number of nitrogens with zero attached hydrogens (tertiary/aromatic N) is 2. The molecule has 1 unspecified atom stereocenters. The second kappa shape index (κ2) is 10.1. The molecule has 0 aliphatic carbocycles. The molecule has 2 rings (SSSR count). The second-order valence-corrected chi connectivity index (χ2v) is 7.01. The fraction of sp³-hybridized carbons (Fsp3) is 0.941. The lowest BCUT2D eigenvalue weighted by Gasteiger charge is -2.35. The number of hydrogen-bond donors (Lipinski definition) is 2. The molecule has 0 bridgehead atoms. The Morgan fingerprint density at radius 3 is 2.57 bits per heavy atom. The maximum atomic E-state index is 11.9. The van der Waals surface area contributed by atoms with Crippen LogP contribution >= 0.6 is 0 Å². The van der Waals surface area contributed by atoms with Crippen LogP contribution in [0.25, 0.3) is 0 Å². The van der Waals surface area contributed by atoms with Gasteiger partial charge in [0.05, 0.1) is 13.2 Å². The predicted octanol–water partition coefficient (Wildman–Crippen LogP) is 1.13.